The fourth-order valence-corrected chi connectivity index (χ4v) is 7.65. The Morgan fingerprint density at radius 3 is 2.18 bits per heavy atom. The van der Waals surface area contributed by atoms with Crippen molar-refractivity contribution in [2.45, 2.75) is 50.3 Å². The van der Waals surface area contributed by atoms with Crippen molar-refractivity contribution in [3.05, 3.63) is 129 Å². The van der Waals surface area contributed by atoms with E-state index in [0.717, 1.165) is 34.7 Å². The van der Waals surface area contributed by atoms with Crippen molar-refractivity contribution in [1.82, 2.24) is 15.5 Å². The second kappa shape index (κ2) is 16.6. The number of hydrogen-bond donors (Lipinski definition) is 3. The summed E-state index contributed by atoms with van der Waals surface area (Å²) in [6, 6.07) is 27.0. The van der Waals surface area contributed by atoms with Gasteiger partial charge in [-0.1, -0.05) is 108 Å². The van der Waals surface area contributed by atoms with Gasteiger partial charge in [0.05, 0.1) is 12.6 Å². The Hall–Kier alpha value is -5.01. The van der Waals surface area contributed by atoms with E-state index < -0.39 is 41.1 Å². The molecule has 0 spiro atoms. The smallest absolute Gasteiger partial charge is 0.407 e. The number of carbonyl (C=O) groups is 4. The number of thioether (sulfide) groups is 2. The monoisotopic (exact) mass is 714 g/mol. The molecule has 2 aliphatic heterocycles. The predicted octanol–water partition coefficient (Wildman–Crippen LogP) is 5.78. The van der Waals surface area contributed by atoms with Crippen LogP contribution in [-0.2, 0) is 30.3 Å². The van der Waals surface area contributed by atoms with Crippen LogP contribution in [0.15, 0.2) is 118 Å². The Bertz CT molecular complexity index is 1740. The van der Waals surface area contributed by atoms with E-state index in [-0.39, 0.29) is 24.6 Å². The number of carbonyl (C=O) groups excluding carboxylic acids is 4. The van der Waals surface area contributed by atoms with E-state index in [1.54, 1.807) is 26.2 Å². The van der Waals surface area contributed by atoms with Crippen molar-refractivity contribution < 1.29 is 33.9 Å². The maximum Gasteiger partial charge on any atom is 0.407 e. The Kier molecular flexibility index (Phi) is 12.0. The van der Waals surface area contributed by atoms with Gasteiger partial charge in [-0.15, -0.1) is 11.8 Å². The molecule has 0 saturated carbocycles. The molecular weight excluding hydrogens is 677 g/mol. The Balaban J connectivity index is 1.42. The number of esters is 1. The zero-order valence-corrected chi connectivity index (χ0v) is 29.4. The zero-order chi connectivity index (χ0) is 35.7. The van der Waals surface area contributed by atoms with Gasteiger partial charge < -0.3 is 25.3 Å². The fourth-order valence-electron chi connectivity index (χ4n) is 5.25. The minimum Gasteiger partial charge on any atom is -0.448 e. The van der Waals surface area contributed by atoms with Gasteiger partial charge in [0.2, 0.25) is 5.91 Å². The molecule has 1 fully saturated rings. The van der Waals surface area contributed by atoms with Gasteiger partial charge in [0.25, 0.3) is 5.91 Å². The summed E-state index contributed by atoms with van der Waals surface area (Å²) in [6.45, 7) is 5.20. The van der Waals surface area contributed by atoms with Crippen LogP contribution >= 0.6 is 23.5 Å². The number of amides is 3. The van der Waals surface area contributed by atoms with Gasteiger partial charge in [0.15, 0.2) is 6.10 Å². The normalized spacial score (nSPS) is 17.6. The number of fused-ring (bicyclic) bond motifs is 1. The number of alkyl carbamates (subject to hydrolysis) is 1. The SMILES string of the molecule is CC(C)(C)OC(=O)NCC(/C=N/O)=C\SC1=C(C(=O)OC(c2ccccc2)c2ccccc2)N2C(=O)C(NC(=O)Cc3ccccc3)[C@H]2SC1. The summed E-state index contributed by atoms with van der Waals surface area (Å²) >= 11 is 2.55. The van der Waals surface area contributed by atoms with Gasteiger partial charge in [0.1, 0.15) is 22.7 Å². The molecular formula is C37H38N4O7S2. The molecule has 2 aliphatic rings. The fraction of sp³-hybridized carbons (Fsp3) is 0.270. The summed E-state index contributed by atoms with van der Waals surface area (Å²) < 4.78 is 11.5. The lowest BCUT2D eigenvalue weighted by Gasteiger charge is -2.49. The summed E-state index contributed by atoms with van der Waals surface area (Å²) in [5, 5.41) is 19.0. The quantitative estimate of drug-likeness (QED) is 0.0699. The highest BCUT2D eigenvalue weighted by Gasteiger charge is 2.54. The average molecular weight is 715 g/mol. The van der Waals surface area contributed by atoms with E-state index in [2.05, 4.69) is 15.8 Å². The molecule has 0 radical (unpaired) electrons. The maximum atomic E-state index is 14.2. The van der Waals surface area contributed by atoms with Gasteiger partial charge in [-0.3, -0.25) is 14.5 Å². The number of rotatable bonds is 12. The third kappa shape index (κ3) is 9.36. The maximum absolute atomic E-state index is 14.2. The van der Waals surface area contributed by atoms with Crippen LogP contribution in [0.3, 0.4) is 0 Å². The molecule has 2 atom stereocenters. The first-order valence-electron chi connectivity index (χ1n) is 15.9. The molecule has 13 heteroatoms. The minimum absolute atomic E-state index is 0.0307. The second-order valence-electron chi connectivity index (χ2n) is 12.4. The van der Waals surface area contributed by atoms with E-state index in [0.29, 0.717) is 16.2 Å². The third-order valence-corrected chi connectivity index (χ3v) is 10.00. The van der Waals surface area contributed by atoms with Crippen LogP contribution in [0.4, 0.5) is 4.79 Å². The van der Waals surface area contributed by atoms with E-state index in [1.165, 1.54) is 16.7 Å². The molecule has 5 rings (SSSR count). The highest BCUT2D eigenvalue weighted by molar-refractivity contribution is 8.08. The lowest BCUT2D eigenvalue weighted by atomic mass is 10.0. The first-order valence-corrected chi connectivity index (χ1v) is 17.8. The van der Waals surface area contributed by atoms with Crippen molar-refractivity contribution >= 4 is 53.6 Å². The molecule has 3 N–H and O–H groups in total. The number of nitrogens with zero attached hydrogens (tertiary/aromatic N) is 2. The lowest BCUT2D eigenvalue weighted by molar-refractivity contribution is -0.154. The number of hydrogen-bond acceptors (Lipinski definition) is 10. The van der Waals surface area contributed by atoms with Crippen molar-refractivity contribution in [2.75, 3.05) is 12.3 Å². The molecule has 3 amide bonds. The topological polar surface area (TPSA) is 147 Å². The second-order valence-corrected chi connectivity index (χ2v) is 14.5. The molecule has 0 bridgehead atoms. The molecule has 260 valence electrons. The van der Waals surface area contributed by atoms with Crippen molar-refractivity contribution in [2.24, 2.45) is 5.16 Å². The molecule has 0 aromatic heterocycles. The van der Waals surface area contributed by atoms with Crippen LogP contribution in [0.2, 0.25) is 0 Å². The Morgan fingerprint density at radius 2 is 1.60 bits per heavy atom. The van der Waals surface area contributed by atoms with Crippen molar-refractivity contribution in [3.8, 4) is 0 Å². The predicted molar refractivity (Wildman–Crippen MR) is 193 cm³/mol. The number of ether oxygens (including phenoxy) is 2. The van der Waals surface area contributed by atoms with Crippen LogP contribution < -0.4 is 10.6 Å². The average Bonchev–Trinajstić information content (AvgIpc) is 3.10. The standard InChI is InChI=1S/C37H38N4O7S2/c1-37(2,3)48-36(45)38-20-25(21-39-46)22-49-28-23-50-34-30(40-29(42)19-24-13-7-4-8-14-24)33(43)41(34)31(28)35(44)47-32(26-15-9-5-10-16-26)27-17-11-6-12-18-27/h4-18,21-22,30,32,34,46H,19-20,23H2,1-3H3,(H,38,45)(H,40,42)/b25-22+,39-21+/t30?,34-/m1/s1. The van der Waals surface area contributed by atoms with Crippen LogP contribution in [0, 0.1) is 0 Å². The number of oxime groups is 1. The highest BCUT2D eigenvalue weighted by Crippen LogP contribution is 2.45. The van der Waals surface area contributed by atoms with Crippen LogP contribution in [0.1, 0.15) is 43.6 Å². The molecule has 1 saturated heterocycles. The van der Waals surface area contributed by atoms with Gasteiger partial charge in [-0.25, -0.2) is 9.59 Å². The van der Waals surface area contributed by atoms with Crippen molar-refractivity contribution in [3.63, 3.8) is 0 Å². The first-order chi connectivity index (χ1) is 24.0. The van der Waals surface area contributed by atoms with E-state index in [9.17, 15) is 24.4 Å². The van der Waals surface area contributed by atoms with Crippen LogP contribution in [-0.4, -0.2) is 69.5 Å². The van der Waals surface area contributed by atoms with E-state index in [1.807, 2.05) is 91.0 Å². The molecule has 50 heavy (non-hydrogen) atoms. The number of β-lactam (4-membered cyclic amide) rings is 1. The van der Waals surface area contributed by atoms with E-state index >= 15 is 0 Å². The van der Waals surface area contributed by atoms with Crippen LogP contribution in [0.5, 0.6) is 0 Å². The molecule has 0 aliphatic carbocycles. The summed E-state index contributed by atoms with van der Waals surface area (Å²) in [5.74, 6) is -1.13. The number of benzene rings is 3. The largest absolute Gasteiger partial charge is 0.448 e. The summed E-state index contributed by atoms with van der Waals surface area (Å²) in [7, 11) is 0. The number of nitrogens with one attached hydrogen (secondary N) is 2. The van der Waals surface area contributed by atoms with Gasteiger partial charge >= 0.3 is 12.1 Å². The van der Waals surface area contributed by atoms with Gasteiger partial charge in [-0.05, 0) is 48.4 Å². The molecule has 3 aromatic rings. The molecule has 11 nitrogen and oxygen atoms in total. The summed E-state index contributed by atoms with van der Waals surface area (Å²) in [6.07, 6.45) is -0.143. The van der Waals surface area contributed by atoms with Crippen molar-refractivity contribution in [1.29, 1.82) is 0 Å². The van der Waals surface area contributed by atoms with E-state index in [4.69, 9.17) is 9.47 Å². The molecule has 3 aromatic carbocycles. The summed E-state index contributed by atoms with van der Waals surface area (Å²) in [4.78, 5) is 55.0. The van der Waals surface area contributed by atoms with Crippen LogP contribution in [0.25, 0.3) is 0 Å². The summed E-state index contributed by atoms with van der Waals surface area (Å²) in [5.41, 5.74) is 2.08. The third-order valence-electron chi connectivity index (χ3n) is 7.49. The van der Waals surface area contributed by atoms with Gasteiger partial charge in [0, 0.05) is 17.2 Å². The first kappa shape index (κ1) is 36.3. The van der Waals surface area contributed by atoms with Gasteiger partial charge in [-0.2, -0.15) is 0 Å². The lowest BCUT2D eigenvalue weighted by Crippen LogP contribution is -2.70. The minimum atomic E-state index is -0.824. The highest BCUT2D eigenvalue weighted by atomic mass is 32.2. The Labute approximate surface area is 299 Å². The Morgan fingerprint density at radius 1 is 1.00 bits per heavy atom. The molecule has 1 unspecified atom stereocenters. The zero-order valence-electron chi connectivity index (χ0n) is 27.8. The molecule has 2 heterocycles.